The Morgan fingerprint density at radius 1 is 1.38 bits per heavy atom. The number of ether oxygens (including phenoxy) is 1. The van der Waals surface area contributed by atoms with Crippen LogP contribution in [0.5, 0.6) is 5.75 Å². The molecule has 2 nitrogen and oxygen atoms in total. The largest absolute Gasteiger partial charge is 0.490 e. The van der Waals surface area contributed by atoms with E-state index in [0.717, 1.165) is 32.0 Å². The van der Waals surface area contributed by atoms with Crippen LogP contribution in [0.4, 0.5) is 8.78 Å². The Hall–Kier alpha value is -1.16. The van der Waals surface area contributed by atoms with Crippen LogP contribution in [0, 0.1) is 17.6 Å². The Morgan fingerprint density at radius 3 is 2.94 bits per heavy atom. The molecule has 0 aromatic heterocycles. The molecule has 1 aliphatic heterocycles. The Morgan fingerprint density at radius 2 is 2.25 bits per heavy atom. The van der Waals surface area contributed by atoms with Gasteiger partial charge in [0.05, 0.1) is 6.61 Å². The van der Waals surface area contributed by atoms with Crippen molar-refractivity contribution >= 4 is 0 Å². The fourth-order valence-electron chi connectivity index (χ4n) is 1.87. The van der Waals surface area contributed by atoms with Crippen LogP contribution in [-0.2, 0) is 0 Å². The normalized spacial score (nSPS) is 20.8. The molecule has 0 saturated carbocycles. The van der Waals surface area contributed by atoms with Crippen molar-refractivity contribution < 1.29 is 13.5 Å². The zero-order valence-corrected chi connectivity index (χ0v) is 9.01. The summed E-state index contributed by atoms with van der Waals surface area (Å²) < 4.78 is 31.2. The first-order valence-corrected chi connectivity index (χ1v) is 5.54. The van der Waals surface area contributed by atoms with E-state index in [2.05, 4.69) is 5.32 Å². The van der Waals surface area contributed by atoms with Gasteiger partial charge in [-0.3, -0.25) is 0 Å². The van der Waals surface area contributed by atoms with Crippen molar-refractivity contribution in [3.8, 4) is 5.75 Å². The molecule has 1 N–H and O–H groups in total. The van der Waals surface area contributed by atoms with Crippen LogP contribution in [0.25, 0.3) is 0 Å². The van der Waals surface area contributed by atoms with E-state index in [0.29, 0.717) is 12.5 Å². The number of benzene rings is 1. The van der Waals surface area contributed by atoms with Gasteiger partial charge < -0.3 is 10.1 Å². The van der Waals surface area contributed by atoms with E-state index in [1.165, 1.54) is 12.1 Å². The molecule has 16 heavy (non-hydrogen) atoms. The van der Waals surface area contributed by atoms with Gasteiger partial charge >= 0.3 is 0 Å². The van der Waals surface area contributed by atoms with Crippen molar-refractivity contribution in [3.05, 3.63) is 29.8 Å². The molecule has 0 spiro atoms. The van der Waals surface area contributed by atoms with Crippen LogP contribution in [0.3, 0.4) is 0 Å². The van der Waals surface area contributed by atoms with Crippen LogP contribution >= 0.6 is 0 Å². The SMILES string of the molecule is Fc1ccc(OC[C@H]2CCCNC2)c(F)c1. The molecule has 0 aliphatic carbocycles. The second-order valence-electron chi connectivity index (χ2n) is 4.10. The fourth-order valence-corrected chi connectivity index (χ4v) is 1.87. The molecule has 0 bridgehead atoms. The molecular formula is C12H15F2NO. The van der Waals surface area contributed by atoms with Crippen molar-refractivity contribution in [1.29, 1.82) is 0 Å². The average Bonchev–Trinajstić information content (AvgIpc) is 2.29. The highest BCUT2D eigenvalue weighted by Gasteiger charge is 2.14. The van der Waals surface area contributed by atoms with E-state index in [1.807, 2.05) is 0 Å². The van der Waals surface area contributed by atoms with Gasteiger partial charge in [-0.2, -0.15) is 0 Å². The van der Waals surface area contributed by atoms with E-state index < -0.39 is 11.6 Å². The number of hydrogen-bond donors (Lipinski definition) is 1. The zero-order chi connectivity index (χ0) is 11.4. The van der Waals surface area contributed by atoms with E-state index in [-0.39, 0.29) is 5.75 Å². The summed E-state index contributed by atoms with van der Waals surface area (Å²) in [6, 6.07) is 3.38. The van der Waals surface area contributed by atoms with Gasteiger partial charge in [-0.1, -0.05) is 0 Å². The molecule has 1 aromatic carbocycles. The molecule has 1 heterocycles. The molecule has 0 radical (unpaired) electrons. The van der Waals surface area contributed by atoms with Crippen LogP contribution in [-0.4, -0.2) is 19.7 Å². The van der Waals surface area contributed by atoms with Crippen molar-refractivity contribution in [2.24, 2.45) is 5.92 Å². The lowest BCUT2D eigenvalue weighted by atomic mass is 10.0. The lowest BCUT2D eigenvalue weighted by Gasteiger charge is -2.22. The summed E-state index contributed by atoms with van der Waals surface area (Å²) in [5, 5.41) is 3.26. The molecule has 0 unspecified atom stereocenters. The summed E-state index contributed by atoms with van der Waals surface area (Å²) in [5.74, 6) is -0.668. The molecule has 1 aromatic rings. The maximum Gasteiger partial charge on any atom is 0.167 e. The minimum Gasteiger partial charge on any atom is -0.490 e. The molecule has 88 valence electrons. The molecule has 1 saturated heterocycles. The van der Waals surface area contributed by atoms with Gasteiger partial charge in [0.2, 0.25) is 0 Å². The third-order valence-electron chi connectivity index (χ3n) is 2.77. The second-order valence-corrected chi connectivity index (χ2v) is 4.10. The van der Waals surface area contributed by atoms with Gasteiger partial charge in [0.25, 0.3) is 0 Å². The van der Waals surface area contributed by atoms with Gasteiger partial charge in [-0.05, 0) is 31.5 Å². The Balaban J connectivity index is 1.88. The van der Waals surface area contributed by atoms with Crippen molar-refractivity contribution in [3.63, 3.8) is 0 Å². The number of hydrogen-bond acceptors (Lipinski definition) is 2. The lowest BCUT2D eigenvalue weighted by molar-refractivity contribution is 0.211. The van der Waals surface area contributed by atoms with Crippen molar-refractivity contribution in [2.45, 2.75) is 12.8 Å². The highest BCUT2D eigenvalue weighted by molar-refractivity contribution is 5.24. The highest BCUT2D eigenvalue weighted by atomic mass is 19.1. The minimum absolute atomic E-state index is 0.131. The Bertz CT molecular complexity index is 351. The predicted molar refractivity (Wildman–Crippen MR) is 57.4 cm³/mol. The number of nitrogens with one attached hydrogen (secondary N) is 1. The van der Waals surface area contributed by atoms with Gasteiger partial charge in [0, 0.05) is 18.5 Å². The van der Waals surface area contributed by atoms with E-state index >= 15 is 0 Å². The summed E-state index contributed by atoms with van der Waals surface area (Å²) in [7, 11) is 0. The molecule has 1 aliphatic rings. The smallest absolute Gasteiger partial charge is 0.167 e. The van der Waals surface area contributed by atoms with Gasteiger partial charge in [-0.15, -0.1) is 0 Å². The minimum atomic E-state index is -0.635. The summed E-state index contributed by atoms with van der Waals surface area (Å²) >= 11 is 0. The average molecular weight is 227 g/mol. The third kappa shape index (κ3) is 2.92. The quantitative estimate of drug-likeness (QED) is 0.855. The molecule has 4 heteroatoms. The molecule has 2 rings (SSSR count). The first kappa shape index (κ1) is 11.3. The maximum absolute atomic E-state index is 13.2. The summed E-state index contributed by atoms with van der Waals surface area (Å²) in [5.41, 5.74) is 0. The topological polar surface area (TPSA) is 21.3 Å². The monoisotopic (exact) mass is 227 g/mol. The standard InChI is InChI=1S/C12H15F2NO/c13-10-3-4-12(11(14)6-10)16-8-9-2-1-5-15-7-9/h3-4,6,9,15H,1-2,5,7-8H2/t9-/m0/s1. The van der Waals surface area contributed by atoms with Gasteiger partial charge in [0.15, 0.2) is 11.6 Å². The molecule has 0 amide bonds. The predicted octanol–water partition coefficient (Wildman–Crippen LogP) is 2.34. The van der Waals surface area contributed by atoms with Crippen LogP contribution in [0.15, 0.2) is 18.2 Å². The molecular weight excluding hydrogens is 212 g/mol. The van der Waals surface area contributed by atoms with E-state index in [1.54, 1.807) is 0 Å². The van der Waals surface area contributed by atoms with Crippen molar-refractivity contribution in [1.82, 2.24) is 5.32 Å². The lowest BCUT2D eigenvalue weighted by Crippen LogP contribution is -2.33. The first-order valence-electron chi connectivity index (χ1n) is 5.54. The molecule has 1 atom stereocenters. The van der Waals surface area contributed by atoms with Gasteiger partial charge in [-0.25, -0.2) is 8.78 Å². The zero-order valence-electron chi connectivity index (χ0n) is 9.01. The maximum atomic E-state index is 13.2. The Labute approximate surface area is 93.6 Å². The number of rotatable bonds is 3. The summed E-state index contributed by atoms with van der Waals surface area (Å²) in [6.45, 7) is 2.43. The van der Waals surface area contributed by atoms with Crippen LogP contribution < -0.4 is 10.1 Å². The van der Waals surface area contributed by atoms with Crippen LogP contribution in [0.2, 0.25) is 0 Å². The Kier molecular flexibility index (Phi) is 3.72. The van der Waals surface area contributed by atoms with Crippen LogP contribution in [0.1, 0.15) is 12.8 Å². The third-order valence-corrected chi connectivity index (χ3v) is 2.77. The number of halogens is 2. The van der Waals surface area contributed by atoms with Gasteiger partial charge in [0.1, 0.15) is 5.82 Å². The molecule has 1 fully saturated rings. The second kappa shape index (κ2) is 5.25. The highest BCUT2D eigenvalue weighted by Crippen LogP contribution is 2.19. The summed E-state index contributed by atoms with van der Waals surface area (Å²) in [6.07, 6.45) is 2.22. The summed E-state index contributed by atoms with van der Waals surface area (Å²) in [4.78, 5) is 0. The van der Waals surface area contributed by atoms with E-state index in [4.69, 9.17) is 4.74 Å². The fraction of sp³-hybridized carbons (Fsp3) is 0.500. The first-order chi connectivity index (χ1) is 7.75. The van der Waals surface area contributed by atoms with E-state index in [9.17, 15) is 8.78 Å². The van der Waals surface area contributed by atoms with Crippen molar-refractivity contribution in [2.75, 3.05) is 19.7 Å². The number of piperidine rings is 1.